The summed E-state index contributed by atoms with van der Waals surface area (Å²) in [6, 6.07) is 7.01. The van der Waals surface area contributed by atoms with Gasteiger partial charge >= 0.3 is 0 Å². The quantitative estimate of drug-likeness (QED) is 0.620. The molecule has 2 unspecified atom stereocenters. The number of benzene rings is 1. The van der Waals surface area contributed by atoms with Gasteiger partial charge in [-0.3, -0.25) is 10.1 Å². The molecule has 0 spiro atoms. The van der Waals surface area contributed by atoms with Gasteiger partial charge in [0.2, 0.25) is 0 Å². The molecule has 5 nitrogen and oxygen atoms in total. The molecule has 0 N–H and O–H groups in total. The van der Waals surface area contributed by atoms with Gasteiger partial charge in [0.15, 0.2) is 0 Å². The van der Waals surface area contributed by atoms with Gasteiger partial charge in [-0.1, -0.05) is 15.9 Å². The maximum atomic E-state index is 11.1. The monoisotopic (exact) mass is 310 g/mol. The van der Waals surface area contributed by atoms with Crippen molar-refractivity contribution in [3.05, 3.63) is 38.3 Å². The van der Waals surface area contributed by atoms with Crippen molar-refractivity contribution in [1.29, 1.82) is 5.26 Å². The van der Waals surface area contributed by atoms with E-state index in [1.165, 1.54) is 6.07 Å². The Bertz CT molecular complexity index is 513. The van der Waals surface area contributed by atoms with Crippen LogP contribution in [0.2, 0.25) is 0 Å². The molecule has 0 aromatic heterocycles. The van der Waals surface area contributed by atoms with Crippen LogP contribution in [-0.2, 0) is 4.74 Å². The maximum Gasteiger partial charge on any atom is 0.276 e. The summed E-state index contributed by atoms with van der Waals surface area (Å²) < 4.78 is 6.20. The van der Waals surface area contributed by atoms with Gasteiger partial charge in [0.05, 0.1) is 22.5 Å². The van der Waals surface area contributed by atoms with E-state index in [1.807, 2.05) is 0 Å². The van der Waals surface area contributed by atoms with Crippen LogP contribution in [0.25, 0.3) is 0 Å². The van der Waals surface area contributed by atoms with Crippen molar-refractivity contribution < 1.29 is 9.66 Å². The first-order valence-electron chi connectivity index (χ1n) is 5.58. The van der Waals surface area contributed by atoms with Gasteiger partial charge in [-0.15, -0.1) is 0 Å². The van der Waals surface area contributed by atoms with E-state index in [0.717, 1.165) is 6.42 Å². The predicted molar refractivity (Wildman–Crippen MR) is 67.8 cm³/mol. The standard InChI is InChI=1S/C12H11BrN2O3/c13-9-3-4-10(11(6-9)15(16)17)12-8(7-14)2-1-5-18-12/h3-4,6,8,12H,1-2,5H2. The zero-order valence-electron chi connectivity index (χ0n) is 9.51. The third-order valence-corrected chi connectivity index (χ3v) is 3.48. The van der Waals surface area contributed by atoms with Gasteiger partial charge in [-0.05, 0) is 25.0 Å². The Hall–Kier alpha value is -1.45. The van der Waals surface area contributed by atoms with Gasteiger partial charge in [0.25, 0.3) is 5.69 Å². The third kappa shape index (κ3) is 2.52. The number of hydrogen-bond acceptors (Lipinski definition) is 4. The minimum Gasteiger partial charge on any atom is -0.372 e. The fourth-order valence-corrected chi connectivity index (χ4v) is 2.48. The molecule has 1 aromatic carbocycles. The lowest BCUT2D eigenvalue weighted by Gasteiger charge is -2.27. The molecule has 6 heteroatoms. The maximum absolute atomic E-state index is 11.1. The van der Waals surface area contributed by atoms with Crippen LogP contribution in [-0.4, -0.2) is 11.5 Å². The topological polar surface area (TPSA) is 76.2 Å². The van der Waals surface area contributed by atoms with E-state index in [1.54, 1.807) is 12.1 Å². The second-order valence-electron chi connectivity index (χ2n) is 4.13. The highest BCUT2D eigenvalue weighted by Gasteiger charge is 2.32. The Balaban J connectivity index is 2.43. The lowest BCUT2D eigenvalue weighted by atomic mass is 9.90. The van der Waals surface area contributed by atoms with E-state index in [2.05, 4.69) is 22.0 Å². The first-order valence-corrected chi connectivity index (χ1v) is 6.38. The normalized spacial score (nSPS) is 23.3. The van der Waals surface area contributed by atoms with Crippen molar-refractivity contribution in [2.75, 3.05) is 6.61 Å². The summed E-state index contributed by atoms with van der Waals surface area (Å²) in [4.78, 5) is 10.6. The first kappa shape index (κ1) is 13.0. The average Bonchev–Trinajstić information content (AvgIpc) is 2.38. The Morgan fingerprint density at radius 2 is 2.33 bits per heavy atom. The molecule has 1 heterocycles. The van der Waals surface area contributed by atoms with Gasteiger partial charge < -0.3 is 4.74 Å². The van der Waals surface area contributed by atoms with E-state index in [4.69, 9.17) is 10.00 Å². The summed E-state index contributed by atoms with van der Waals surface area (Å²) >= 11 is 3.21. The minimum atomic E-state index is -0.503. The van der Waals surface area contributed by atoms with Crippen molar-refractivity contribution in [3.8, 4) is 6.07 Å². The van der Waals surface area contributed by atoms with E-state index in [-0.39, 0.29) is 11.6 Å². The molecule has 1 aromatic rings. The van der Waals surface area contributed by atoms with Crippen molar-refractivity contribution in [1.82, 2.24) is 0 Å². The molecule has 2 rings (SSSR count). The van der Waals surface area contributed by atoms with E-state index in [9.17, 15) is 10.1 Å². The summed E-state index contributed by atoms with van der Waals surface area (Å²) in [7, 11) is 0. The SMILES string of the molecule is N#CC1CCCOC1c1ccc(Br)cc1[N+](=O)[O-]. The van der Waals surface area contributed by atoms with Crippen molar-refractivity contribution in [2.24, 2.45) is 5.92 Å². The van der Waals surface area contributed by atoms with Gasteiger partial charge in [0, 0.05) is 17.1 Å². The summed E-state index contributed by atoms with van der Waals surface area (Å²) in [5, 5.41) is 20.2. The summed E-state index contributed by atoms with van der Waals surface area (Å²) in [6.07, 6.45) is 1.03. The van der Waals surface area contributed by atoms with Crippen LogP contribution in [0, 0.1) is 27.4 Å². The van der Waals surface area contributed by atoms with E-state index in [0.29, 0.717) is 23.1 Å². The number of hydrogen-bond donors (Lipinski definition) is 0. The van der Waals surface area contributed by atoms with Crippen LogP contribution in [0.5, 0.6) is 0 Å². The van der Waals surface area contributed by atoms with Crippen molar-refractivity contribution in [2.45, 2.75) is 18.9 Å². The molecule has 0 saturated carbocycles. The number of ether oxygens (including phenoxy) is 1. The van der Waals surface area contributed by atoms with Gasteiger partial charge in [-0.2, -0.15) is 5.26 Å². The average molecular weight is 311 g/mol. The summed E-state index contributed by atoms with van der Waals surface area (Å²) in [5.74, 6) is -0.321. The number of nitro groups is 1. The van der Waals surface area contributed by atoms with E-state index < -0.39 is 11.0 Å². The molecule has 1 saturated heterocycles. The highest BCUT2D eigenvalue weighted by molar-refractivity contribution is 9.10. The van der Waals surface area contributed by atoms with E-state index >= 15 is 0 Å². The fraction of sp³-hybridized carbons (Fsp3) is 0.417. The number of halogens is 1. The molecule has 0 amide bonds. The summed E-state index contributed by atoms with van der Waals surface area (Å²) in [6.45, 7) is 0.538. The molecule has 1 fully saturated rings. The van der Waals surface area contributed by atoms with Crippen LogP contribution >= 0.6 is 15.9 Å². The molecule has 0 aliphatic carbocycles. The minimum absolute atomic E-state index is 0.00322. The molecule has 0 radical (unpaired) electrons. The first-order chi connectivity index (χ1) is 8.63. The highest BCUT2D eigenvalue weighted by Crippen LogP contribution is 2.38. The number of nitriles is 1. The number of rotatable bonds is 2. The second-order valence-corrected chi connectivity index (χ2v) is 5.05. The van der Waals surface area contributed by atoms with Crippen molar-refractivity contribution in [3.63, 3.8) is 0 Å². The van der Waals surface area contributed by atoms with Gasteiger partial charge in [-0.25, -0.2) is 0 Å². The molecule has 2 atom stereocenters. The smallest absolute Gasteiger partial charge is 0.276 e. The van der Waals surface area contributed by atoms with Gasteiger partial charge in [0.1, 0.15) is 6.10 Å². The van der Waals surface area contributed by atoms with Crippen LogP contribution in [0.15, 0.2) is 22.7 Å². The van der Waals surface area contributed by atoms with Crippen LogP contribution in [0.1, 0.15) is 24.5 Å². The number of nitrogens with zero attached hydrogens (tertiary/aromatic N) is 2. The Morgan fingerprint density at radius 1 is 1.56 bits per heavy atom. The fourth-order valence-electron chi connectivity index (χ4n) is 2.14. The molecule has 1 aliphatic heterocycles. The molecular formula is C12H11BrN2O3. The summed E-state index contributed by atoms with van der Waals surface area (Å²) in [5.41, 5.74) is 0.478. The lowest BCUT2D eigenvalue weighted by molar-refractivity contribution is -0.386. The van der Waals surface area contributed by atoms with Crippen LogP contribution < -0.4 is 0 Å². The second kappa shape index (κ2) is 5.46. The highest BCUT2D eigenvalue weighted by atomic mass is 79.9. The number of nitro benzene ring substituents is 1. The lowest BCUT2D eigenvalue weighted by Crippen LogP contribution is -2.22. The largest absolute Gasteiger partial charge is 0.372 e. The van der Waals surface area contributed by atoms with Crippen LogP contribution in [0.4, 0.5) is 5.69 Å². The third-order valence-electron chi connectivity index (χ3n) is 2.98. The molecule has 18 heavy (non-hydrogen) atoms. The molecule has 94 valence electrons. The Labute approximate surface area is 113 Å². The van der Waals surface area contributed by atoms with Crippen LogP contribution in [0.3, 0.4) is 0 Å². The zero-order valence-corrected chi connectivity index (χ0v) is 11.1. The molecular weight excluding hydrogens is 300 g/mol. The zero-order chi connectivity index (χ0) is 13.1. The Morgan fingerprint density at radius 3 is 3.00 bits per heavy atom. The predicted octanol–water partition coefficient (Wildman–Crippen LogP) is 3.35. The molecule has 1 aliphatic rings. The van der Waals surface area contributed by atoms with Crippen molar-refractivity contribution >= 4 is 21.6 Å². The Kier molecular flexibility index (Phi) is 3.94. The molecule has 0 bridgehead atoms.